The molecule has 1 aliphatic rings. The molecular formula is C18H15N. The van der Waals surface area contributed by atoms with Crippen LogP contribution in [0, 0.1) is 0 Å². The van der Waals surface area contributed by atoms with Gasteiger partial charge in [0.1, 0.15) is 0 Å². The van der Waals surface area contributed by atoms with Crippen LogP contribution in [0.25, 0.3) is 21.9 Å². The van der Waals surface area contributed by atoms with Crippen LogP contribution in [-0.2, 0) is 13.1 Å². The summed E-state index contributed by atoms with van der Waals surface area (Å²) >= 11 is 0. The summed E-state index contributed by atoms with van der Waals surface area (Å²) in [6.45, 7) is 1.96. The second-order valence-electron chi connectivity index (χ2n) is 5.08. The Morgan fingerprint density at radius 3 is 2.47 bits per heavy atom. The van der Waals surface area contributed by atoms with Gasteiger partial charge in [-0.25, -0.2) is 0 Å². The minimum Gasteiger partial charge on any atom is -0.309 e. The molecule has 0 fully saturated rings. The Hall–Kier alpha value is -2.12. The highest BCUT2D eigenvalue weighted by molar-refractivity contribution is 5.99. The van der Waals surface area contributed by atoms with Crippen molar-refractivity contribution < 1.29 is 0 Å². The van der Waals surface area contributed by atoms with Crippen LogP contribution in [-0.4, -0.2) is 0 Å². The molecule has 0 saturated heterocycles. The van der Waals surface area contributed by atoms with Crippen molar-refractivity contribution >= 4 is 10.8 Å². The molecule has 1 heteroatoms. The first-order valence-electron chi connectivity index (χ1n) is 6.73. The van der Waals surface area contributed by atoms with Gasteiger partial charge >= 0.3 is 0 Å². The Bertz CT molecular complexity index is 744. The second kappa shape index (κ2) is 4.22. The number of hydrogen-bond donors (Lipinski definition) is 1. The first kappa shape index (κ1) is 10.8. The summed E-state index contributed by atoms with van der Waals surface area (Å²) in [6.07, 6.45) is 0. The summed E-state index contributed by atoms with van der Waals surface area (Å²) in [4.78, 5) is 0. The largest absolute Gasteiger partial charge is 0.309 e. The fraction of sp³-hybridized carbons (Fsp3) is 0.111. The molecule has 0 bridgehead atoms. The van der Waals surface area contributed by atoms with Crippen LogP contribution in [0.1, 0.15) is 11.1 Å². The minimum atomic E-state index is 0.977. The molecule has 0 atom stereocenters. The zero-order valence-corrected chi connectivity index (χ0v) is 10.7. The standard InChI is InChI=1S/C18H15N/c1-2-6-13(7-3-1)18-16-9-5-4-8-14(16)10-15-11-19-12-17(15)18/h1-10,19H,11-12H2. The van der Waals surface area contributed by atoms with E-state index in [9.17, 15) is 0 Å². The van der Waals surface area contributed by atoms with E-state index in [4.69, 9.17) is 0 Å². The van der Waals surface area contributed by atoms with Crippen LogP contribution < -0.4 is 5.32 Å². The molecule has 0 spiro atoms. The quantitative estimate of drug-likeness (QED) is 0.680. The van der Waals surface area contributed by atoms with Crippen LogP contribution in [0.2, 0.25) is 0 Å². The molecule has 92 valence electrons. The van der Waals surface area contributed by atoms with E-state index in [0.717, 1.165) is 13.1 Å². The van der Waals surface area contributed by atoms with Gasteiger partial charge in [-0.15, -0.1) is 0 Å². The summed E-state index contributed by atoms with van der Waals surface area (Å²) < 4.78 is 0. The van der Waals surface area contributed by atoms with Gasteiger partial charge in [0.15, 0.2) is 0 Å². The highest BCUT2D eigenvalue weighted by atomic mass is 14.9. The molecule has 0 aliphatic carbocycles. The molecule has 0 radical (unpaired) electrons. The van der Waals surface area contributed by atoms with E-state index in [1.54, 1.807) is 0 Å². The lowest BCUT2D eigenvalue weighted by Gasteiger charge is -2.13. The summed E-state index contributed by atoms with van der Waals surface area (Å²) in [6, 6.07) is 21.7. The fourth-order valence-electron chi connectivity index (χ4n) is 3.06. The predicted molar refractivity (Wildman–Crippen MR) is 79.9 cm³/mol. The van der Waals surface area contributed by atoms with Gasteiger partial charge in [-0.05, 0) is 39.1 Å². The third-order valence-corrected chi connectivity index (χ3v) is 3.93. The van der Waals surface area contributed by atoms with E-state index in [-0.39, 0.29) is 0 Å². The Morgan fingerprint density at radius 1 is 0.789 bits per heavy atom. The zero-order valence-electron chi connectivity index (χ0n) is 10.7. The average Bonchev–Trinajstić information content (AvgIpc) is 2.93. The SMILES string of the molecule is c1ccc(-c2c3c(cc4ccccc24)CNC3)cc1. The lowest BCUT2D eigenvalue weighted by Crippen LogP contribution is -2.00. The van der Waals surface area contributed by atoms with E-state index >= 15 is 0 Å². The van der Waals surface area contributed by atoms with Crippen molar-refractivity contribution in [1.29, 1.82) is 0 Å². The van der Waals surface area contributed by atoms with Gasteiger partial charge in [0.25, 0.3) is 0 Å². The molecule has 0 amide bonds. The summed E-state index contributed by atoms with van der Waals surface area (Å²) in [5.41, 5.74) is 5.63. The van der Waals surface area contributed by atoms with E-state index < -0.39 is 0 Å². The van der Waals surface area contributed by atoms with Crippen LogP contribution in [0.3, 0.4) is 0 Å². The Labute approximate surface area is 112 Å². The molecule has 19 heavy (non-hydrogen) atoms. The third kappa shape index (κ3) is 1.66. The van der Waals surface area contributed by atoms with Gasteiger partial charge in [0.2, 0.25) is 0 Å². The van der Waals surface area contributed by atoms with Crippen molar-refractivity contribution in [1.82, 2.24) is 5.32 Å². The zero-order chi connectivity index (χ0) is 12.7. The smallest absolute Gasteiger partial charge is 0.0218 e. The molecule has 1 N–H and O–H groups in total. The summed E-state index contributed by atoms with van der Waals surface area (Å²) in [7, 11) is 0. The molecular weight excluding hydrogens is 230 g/mol. The molecule has 3 aromatic rings. The number of hydrogen-bond acceptors (Lipinski definition) is 1. The van der Waals surface area contributed by atoms with Crippen molar-refractivity contribution in [2.75, 3.05) is 0 Å². The van der Waals surface area contributed by atoms with Gasteiger partial charge in [-0.1, -0.05) is 54.6 Å². The first-order chi connectivity index (χ1) is 9.43. The maximum atomic E-state index is 3.47. The van der Waals surface area contributed by atoms with Gasteiger partial charge < -0.3 is 5.32 Å². The molecule has 1 aliphatic heterocycles. The van der Waals surface area contributed by atoms with Crippen LogP contribution in [0.4, 0.5) is 0 Å². The number of benzene rings is 3. The summed E-state index contributed by atoms with van der Waals surface area (Å²) in [5.74, 6) is 0. The maximum Gasteiger partial charge on any atom is 0.0218 e. The van der Waals surface area contributed by atoms with Crippen molar-refractivity contribution in [3.8, 4) is 11.1 Å². The van der Waals surface area contributed by atoms with E-state index in [2.05, 4.69) is 66.0 Å². The molecule has 0 aromatic heterocycles. The molecule has 0 unspecified atom stereocenters. The van der Waals surface area contributed by atoms with E-state index in [1.165, 1.54) is 33.0 Å². The normalized spacial score (nSPS) is 13.7. The number of fused-ring (bicyclic) bond motifs is 2. The van der Waals surface area contributed by atoms with E-state index in [0.29, 0.717) is 0 Å². The lowest BCUT2D eigenvalue weighted by molar-refractivity contribution is 0.765. The van der Waals surface area contributed by atoms with Crippen LogP contribution >= 0.6 is 0 Å². The molecule has 0 saturated carbocycles. The van der Waals surface area contributed by atoms with Gasteiger partial charge in [0.05, 0.1) is 0 Å². The van der Waals surface area contributed by atoms with E-state index in [1.807, 2.05) is 0 Å². The Kier molecular flexibility index (Phi) is 2.39. The Balaban J connectivity index is 2.13. The van der Waals surface area contributed by atoms with Crippen molar-refractivity contribution in [3.63, 3.8) is 0 Å². The second-order valence-corrected chi connectivity index (χ2v) is 5.08. The van der Waals surface area contributed by atoms with Gasteiger partial charge in [-0.3, -0.25) is 0 Å². The van der Waals surface area contributed by atoms with Crippen LogP contribution in [0.15, 0.2) is 60.7 Å². The van der Waals surface area contributed by atoms with Crippen molar-refractivity contribution in [2.24, 2.45) is 0 Å². The topological polar surface area (TPSA) is 12.0 Å². The third-order valence-electron chi connectivity index (χ3n) is 3.93. The lowest BCUT2D eigenvalue weighted by atomic mass is 9.91. The minimum absolute atomic E-state index is 0.977. The number of nitrogens with one attached hydrogen (secondary N) is 1. The van der Waals surface area contributed by atoms with Crippen molar-refractivity contribution in [2.45, 2.75) is 13.1 Å². The van der Waals surface area contributed by atoms with Crippen molar-refractivity contribution in [3.05, 3.63) is 71.8 Å². The molecule has 1 heterocycles. The molecule has 1 nitrogen and oxygen atoms in total. The average molecular weight is 245 g/mol. The van der Waals surface area contributed by atoms with Crippen LogP contribution in [0.5, 0.6) is 0 Å². The van der Waals surface area contributed by atoms with Gasteiger partial charge in [0, 0.05) is 13.1 Å². The highest BCUT2D eigenvalue weighted by Gasteiger charge is 2.18. The Morgan fingerprint density at radius 2 is 1.58 bits per heavy atom. The maximum absolute atomic E-state index is 3.47. The van der Waals surface area contributed by atoms with Gasteiger partial charge in [-0.2, -0.15) is 0 Å². The predicted octanol–water partition coefficient (Wildman–Crippen LogP) is 4.11. The summed E-state index contributed by atoms with van der Waals surface area (Å²) in [5, 5.41) is 6.17. The highest BCUT2D eigenvalue weighted by Crippen LogP contribution is 2.36. The first-order valence-corrected chi connectivity index (χ1v) is 6.73. The monoisotopic (exact) mass is 245 g/mol. The number of rotatable bonds is 1. The fourth-order valence-corrected chi connectivity index (χ4v) is 3.06. The molecule has 3 aromatic carbocycles. The molecule has 4 rings (SSSR count).